The molecule has 98 valence electrons. The van der Waals surface area contributed by atoms with E-state index in [1.54, 1.807) is 18.5 Å². The van der Waals surface area contributed by atoms with Gasteiger partial charge in [0.15, 0.2) is 0 Å². The van der Waals surface area contributed by atoms with E-state index in [2.05, 4.69) is 25.7 Å². The third-order valence-electron chi connectivity index (χ3n) is 2.63. The molecule has 0 aliphatic carbocycles. The van der Waals surface area contributed by atoms with E-state index in [1.807, 2.05) is 5.48 Å². The second kappa shape index (κ2) is 4.69. The van der Waals surface area contributed by atoms with Crippen LogP contribution >= 0.6 is 15.9 Å². The highest BCUT2D eigenvalue weighted by atomic mass is 79.9. The first-order chi connectivity index (χ1) is 8.45. The minimum atomic E-state index is -2.94. The van der Waals surface area contributed by atoms with Crippen LogP contribution in [0.15, 0.2) is 10.5 Å². The first-order valence-electron chi connectivity index (χ1n) is 4.96. The summed E-state index contributed by atoms with van der Waals surface area (Å²) in [5.74, 6) is 0.611. The topological polar surface area (TPSA) is 59.3 Å². The van der Waals surface area contributed by atoms with Gasteiger partial charge in [0.1, 0.15) is 22.8 Å². The van der Waals surface area contributed by atoms with Gasteiger partial charge < -0.3 is 9.30 Å². The Morgan fingerprint density at radius 1 is 1.56 bits per heavy atom. The lowest BCUT2D eigenvalue weighted by Crippen LogP contribution is -2.04. The number of nitrogens with one attached hydrogen (secondary N) is 1. The summed E-state index contributed by atoms with van der Waals surface area (Å²) in [4.78, 5) is 4.23. The Morgan fingerprint density at radius 3 is 2.78 bits per heavy atom. The molecule has 8 heteroatoms. The molecule has 0 aliphatic rings. The zero-order chi connectivity index (χ0) is 13.4. The van der Waals surface area contributed by atoms with Crippen molar-refractivity contribution in [1.82, 2.24) is 9.55 Å². The van der Waals surface area contributed by atoms with Crippen molar-refractivity contribution in [3.8, 4) is 5.75 Å². The summed E-state index contributed by atoms with van der Waals surface area (Å²) in [5.41, 5.74) is 3.17. The molecule has 0 amide bonds. The van der Waals surface area contributed by atoms with E-state index in [1.165, 1.54) is 6.07 Å². The third kappa shape index (κ3) is 2.01. The number of aryl methyl sites for hydroxylation is 2. The molecule has 2 rings (SSSR count). The molecule has 2 aromatic rings. The van der Waals surface area contributed by atoms with Gasteiger partial charge in [-0.15, -0.1) is 0 Å². The van der Waals surface area contributed by atoms with Crippen LogP contribution in [0.4, 0.5) is 14.5 Å². The minimum absolute atomic E-state index is 0.0722. The predicted octanol–water partition coefficient (Wildman–Crippen LogP) is 3.05. The Labute approximate surface area is 109 Å². The van der Waals surface area contributed by atoms with Crippen LogP contribution in [-0.4, -0.2) is 21.4 Å². The maximum absolute atomic E-state index is 12.3. The Hall–Kier alpha value is -1.41. The molecular weight excluding hydrogens is 312 g/mol. The van der Waals surface area contributed by atoms with Gasteiger partial charge in [-0.1, -0.05) is 0 Å². The zero-order valence-electron chi connectivity index (χ0n) is 9.54. The van der Waals surface area contributed by atoms with Gasteiger partial charge in [-0.2, -0.15) is 8.78 Å². The summed E-state index contributed by atoms with van der Waals surface area (Å²) in [5, 5.41) is 9.10. The van der Waals surface area contributed by atoms with Crippen LogP contribution in [0.2, 0.25) is 0 Å². The van der Waals surface area contributed by atoms with Crippen molar-refractivity contribution < 1.29 is 18.7 Å². The van der Waals surface area contributed by atoms with E-state index in [9.17, 15) is 8.78 Å². The van der Waals surface area contributed by atoms with Crippen molar-refractivity contribution in [2.24, 2.45) is 7.05 Å². The number of alkyl halides is 2. The summed E-state index contributed by atoms with van der Waals surface area (Å²) in [6.07, 6.45) is 0. The van der Waals surface area contributed by atoms with Gasteiger partial charge in [0.2, 0.25) is 0 Å². The molecule has 0 radical (unpaired) electrons. The van der Waals surface area contributed by atoms with Crippen LogP contribution in [0, 0.1) is 6.92 Å². The van der Waals surface area contributed by atoms with Gasteiger partial charge in [0, 0.05) is 13.1 Å². The fourth-order valence-electron chi connectivity index (χ4n) is 1.67. The number of imidazole rings is 1. The molecule has 0 saturated heterocycles. The van der Waals surface area contributed by atoms with E-state index < -0.39 is 6.61 Å². The number of anilines is 1. The van der Waals surface area contributed by atoms with Gasteiger partial charge >= 0.3 is 6.61 Å². The second-order valence-corrected chi connectivity index (χ2v) is 4.43. The first kappa shape index (κ1) is 13.0. The molecule has 5 nitrogen and oxygen atoms in total. The van der Waals surface area contributed by atoms with Crippen LogP contribution in [0.1, 0.15) is 5.82 Å². The Morgan fingerprint density at radius 2 is 2.22 bits per heavy atom. The van der Waals surface area contributed by atoms with Gasteiger partial charge in [0.25, 0.3) is 0 Å². The van der Waals surface area contributed by atoms with Crippen molar-refractivity contribution in [3.63, 3.8) is 0 Å². The average Bonchev–Trinajstić information content (AvgIpc) is 2.57. The highest BCUT2D eigenvalue weighted by molar-refractivity contribution is 9.10. The largest absolute Gasteiger partial charge is 0.433 e. The maximum Gasteiger partial charge on any atom is 0.387 e. The van der Waals surface area contributed by atoms with E-state index >= 15 is 0 Å². The molecular formula is C10H10BrF2N3O2. The Kier molecular flexibility index (Phi) is 3.40. The Bertz CT molecular complexity index is 601. The highest BCUT2D eigenvalue weighted by Crippen LogP contribution is 2.39. The number of aromatic nitrogens is 2. The number of benzene rings is 1. The summed E-state index contributed by atoms with van der Waals surface area (Å²) in [7, 11) is 1.74. The van der Waals surface area contributed by atoms with E-state index in [0.29, 0.717) is 16.9 Å². The number of halogens is 3. The quantitative estimate of drug-likeness (QED) is 0.853. The molecule has 0 bridgehead atoms. The van der Waals surface area contributed by atoms with Crippen molar-refractivity contribution in [2.45, 2.75) is 13.5 Å². The van der Waals surface area contributed by atoms with Crippen LogP contribution in [0.3, 0.4) is 0 Å². The first-order valence-corrected chi connectivity index (χ1v) is 5.75. The van der Waals surface area contributed by atoms with Gasteiger partial charge in [-0.3, -0.25) is 10.7 Å². The smallest absolute Gasteiger partial charge is 0.387 e. The van der Waals surface area contributed by atoms with Crippen molar-refractivity contribution in [2.75, 3.05) is 5.48 Å². The summed E-state index contributed by atoms with van der Waals surface area (Å²) in [6.45, 7) is -1.18. The summed E-state index contributed by atoms with van der Waals surface area (Å²) < 4.78 is 30.9. The van der Waals surface area contributed by atoms with Crippen molar-refractivity contribution in [3.05, 3.63) is 16.4 Å². The number of ether oxygens (including phenoxy) is 1. The lowest BCUT2D eigenvalue weighted by atomic mass is 10.2. The van der Waals surface area contributed by atoms with E-state index in [0.717, 1.165) is 0 Å². The molecule has 2 N–H and O–H groups in total. The zero-order valence-corrected chi connectivity index (χ0v) is 11.1. The average molecular weight is 322 g/mol. The van der Waals surface area contributed by atoms with Crippen LogP contribution in [0.25, 0.3) is 11.0 Å². The molecule has 18 heavy (non-hydrogen) atoms. The molecule has 1 heterocycles. The van der Waals surface area contributed by atoms with Crippen LogP contribution in [-0.2, 0) is 7.05 Å². The molecule has 0 unspecified atom stereocenters. The third-order valence-corrected chi connectivity index (χ3v) is 3.42. The lowest BCUT2D eigenvalue weighted by molar-refractivity contribution is -0.0502. The van der Waals surface area contributed by atoms with Crippen LogP contribution < -0.4 is 10.2 Å². The molecule has 0 spiro atoms. The van der Waals surface area contributed by atoms with E-state index in [-0.39, 0.29) is 15.9 Å². The number of rotatable bonds is 3. The second-order valence-electron chi connectivity index (χ2n) is 3.64. The predicted molar refractivity (Wildman–Crippen MR) is 65.2 cm³/mol. The van der Waals surface area contributed by atoms with Crippen molar-refractivity contribution in [1.29, 1.82) is 0 Å². The fourth-order valence-corrected chi connectivity index (χ4v) is 2.16. The molecule has 0 aliphatic heterocycles. The number of fused-ring (bicyclic) bond motifs is 1. The fraction of sp³-hybridized carbons (Fsp3) is 0.300. The Balaban J connectivity index is 2.74. The normalized spacial score (nSPS) is 11.3. The van der Waals surface area contributed by atoms with Crippen LogP contribution in [0.5, 0.6) is 5.75 Å². The summed E-state index contributed by atoms with van der Waals surface area (Å²) >= 11 is 3.09. The van der Waals surface area contributed by atoms with Crippen molar-refractivity contribution >= 4 is 32.7 Å². The molecule has 1 aromatic carbocycles. The lowest BCUT2D eigenvalue weighted by Gasteiger charge is -2.11. The number of nitrogens with zero attached hydrogens (tertiary/aromatic N) is 2. The molecule has 1 aromatic heterocycles. The summed E-state index contributed by atoms with van der Waals surface area (Å²) in [6, 6.07) is 1.44. The highest BCUT2D eigenvalue weighted by Gasteiger charge is 2.19. The monoisotopic (exact) mass is 321 g/mol. The number of hydrogen-bond donors (Lipinski definition) is 2. The maximum atomic E-state index is 12.3. The molecule has 0 atom stereocenters. The minimum Gasteiger partial charge on any atom is -0.433 e. The SMILES string of the molecule is Cc1nc2c(NO)c(Br)c(OC(F)F)cc2n1C. The van der Waals surface area contributed by atoms with Gasteiger partial charge in [0.05, 0.1) is 9.99 Å². The standard InChI is InChI=1S/C10H10BrF2N3O2/c1-4-14-8-5(16(4)2)3-6(18-10(12)13)7(11)9(8)15-17/h3,10,15,17H,1-2H3. The van der Waals surface area contributed by atoms with Gasteiger partial charge in [-0.25, -0.2) is 4.98 Å². The van der Waals surface area contributed by atoms with Gasteiger partial charge in [-0.05, 0) is 22.9 Å². The molecule has 0 saturated carbocycles. The van der Waals surface area contributed by atoms with E-state index in [4.69, 9.17) is 5.21 Å². The molecule has 0 fully saturated rings. The number of hydrogen-bond acceptors (Lipinski definition) is 4.